The number of benzene rings is 2. The number of nitrogens with two attached hydrogens (primary N) is 1. The lowest BCUT2D eigenvalue weighted by Crippen LogP contribution is -2.07. The second-order valence-electron chi connectivity index (χ2n) is 4.16. The van der Waals surface area contributed by atoms with Gasteiger partial charge in [0.05, 0.1) is 24.0 Å². The van der Waals surface area contributed by atoms with Gasteiger partial charge in [-0.05, 0) is 46.3 Å². The summed E-state index contributed by atoms with van der Waals surface area (Å²) in [5, 5.41) is 2.91. The Morgan fingerprint density at radius 1 is 1.24 bits per heavy atom. The smallest absolute Gasteiger partial charge is 0.340 e. The summed E-state index contributed by atoms with van der Waals surface area (Å²) in [6, 6.07) is 7.80. The number of esters is 1. The molecule has 0 radical (unpaired) electrons. The second kappa shape index (κ2) is 6.44. The fourth-order valence-corrected chi connectivity index (χ4v) is 2.85. The van der Waals surface area contributed by atoms with Crippen LogP contribution in [0.1, 0.15) is 10.4 Å². The van der Waals surface area contributed by atoms with Crippen molar-refractivity contribution in [1.29, 1.82) is 0 Å². The number of hydrogen-bond acceptors (Lipinski definition) is 4. The van der Waals surface area contributed by atoms with E-state index in [1.807, 2.05) is 12.1 Å². The third kappa shape index (κ3) is 3.54. The van der Waals surface area contributed by atoms with E-state index in [9.17, 15) is 9.18 Å². The van der Waals surface area contributed by atoms with E-state index >= 15 is 0 Å². The van der Waals surface area contributed by atoms with Gasteiger partial charge in [0.15, 0.2) is 0 Å². The molecule has 0 fully saturated rings. The van der Waals surface area contributed by atoms with Crippen molar-refractivity contribution in [3.8, 4) is 0 Å². The number of methoxy groups -OCH3 is 1. The predicted octanol–water partition coefficient (Wildman–Crippen LogP) is 4.46. The number of nitrogens with one attached hydrogen (secondary N) is 1. The van der Waals surface area contributed by atoms with Crippen LogP contribution < -0.4 is 11.1 Å². The molecule has 0 bridgehead atoms. The molecule has 2 aromatic carbocycles. The molecular formula is C14H11Br2FN2O2. The number of carbonyl (C=O) groups is 1. The average Bonchev–Trinajstić information content (AvgIpc) is 2.43. The maximum atomic E-state index is 14.0. The van der Waals surface area contributed by atoms with Gasteiger partial charge in [0.25, 0.3) is 0 Å². The van der Waals surface area contributed by atoms with Crippen LogP contribution in [-0.2, 0) is 4.74 Å². The first-order valence-electron chi connectivity index (χ1n) is 5.81. The van der Waals surface area contributed by atoms with Gasteiger partial charge in [0, 0.05) is 14.6 Å². The van der Waals surface area contributed by atoms with Gasteiger partial charge >= 0.3 is 5.97 Å². The van der Waals surface area contributed by atoms with Gasteiger partial charge in [-0.15, -0.1) is 0 Å². The van der Waals surface area contributed by atoms with Crippen LogP contribution in [0.15, 0.2) is 39.3 Å². The molecule has 4 nitrogen and oxygen atoms in total. The van der Waals surface area contributed by atoms with E-state index in [0.717, 1.165) is 15.0 Å². The molecule has 21 heavy (non-hydrogen) atoms. The molecule has 3 N–H and O–H groups in total. The van der Waals surface area contributed by atoms with Crippen LogP contribution in [0.4, 0.5) is 21.5 Å². The summed E-state index contributed by atoms with van der Waals surface area (Å²) in [6.07, 6.45) is 0. The van der Waals surface area contributed by atoms with E-state index in [1.165, 1.54) is 13.2 Å². The SMILES string of the molecule is COC(=O)c1cc(Nc2ccc(Br)cc2Br)c(F)cc1N. The zero-order valence-electron chi connectivity index (χ0n) is 10.9. The van der Waals surface area contributed by atoms with Crippen LogP contribution in [0.5, 0.6) is 0 Å². The lowest BCUT2D eigenvalue weighted by atomic mass is 10.1. The Bertz CT molecular complexity index is 708. The highest BCUT2D eigenvalue weighted by Crippen LogP contribution is 2.31. The van der Waals surface area contributed by atoms with Crippen LogP contribution >= 0.6 is 31.9 Å². The largest absolute Gasteiger partial charge is 0.465 e. The molecule has 0 aliphatic rings. The Balaban J connectivity index is 2.42. The molecule has 0 aliphatic carbocycles. The lowest BCUT2D eigenvalue weighted by molar-refractivity contribution is 0.0602. The van der Waals surface area contributed by atoms with Crippen molar-refractivity contribution in [2.24, 2.45) is 0 Å². The molecule has 0 unspecified atom stereocenters. The first kappa shape index (κ1) is 15.8. The lowest BCUT2D eigenvalue weighted by Gasteiger charge is -2.12. The van der Waals surface area contributed by atoms with Crippen LogP contribution in [0, 0.1) is 5.82 Å². The number of hydrogen-bond donors (Lipinski definition) is 2. The first-order chi connectivity index (χ1) is 9.92. The van der Waals surface area contributed by atoms with Crippen molar-refractivity contribution in [3.63, 3.8) is 0 Å². The normalized spacial score (nSPS) is 10.3. The fraction of sp³-hybridized carbons (Fsp3) is 0.0714. The van der Waals surface area contributed by atoms with Crippen molar-refractivity contribution in [2.75, 3.05) is 18.2 Å². The Labute approximate surface area is 137 Å². The third-order valence-electron chi connectivity index (χ3n) is 2.74. The van der Waals surface area contributed by atoms with E-state index in [2.05, 4.69) is 41.9 Å². The van der Waals surface area contributed by atoms with Gasteiger partial charge in [0.1, 0.15) is 5.82 Å². The summed E-state index contributed by atoms with van der Waals surface area (Å²) >= 11 is 6.71. The van der Waals surface area contributed by atoms with Crippen LogP contribution in [-0.4, -0.2) is 13.1 Å². The van der Waals surface area contributed by atoms with E-state index in [-0.39, 0.29) is 16.9 Å². The summed E-state index contributed by atoms with van der Waals surface area (Å²) < 4.78 is 20.2. The van der Waals surface area contributed by atoms with Gasteiger partial charge < -0.3 is 15.8 Å². The molecule has 0 aromatic heterocycles. The first-order valence-corrected chi connectivity index (χ1v) is 7.40. The topological polar surface area (TPSA) is 64.3 Å². The molecule has 0 amide bonds. The molecule has 0 aliphatic heterocycles. The summed E-state index contributed by atoms with van der Waals surface area (Å²) in [5.74, 6) is -1.18. The molecule has 2 rings (SSSR count). The maximum Gasteiger partial charge on any atom is 0.340 e. The monoisotopic (exact) mass is 416 g/mol. The molecule has 0 saturated heterocycles. The van der Waals surface area contributed by atoms with E-state index < -0.39 is 11.8 Å². The summed E-state index contributed by atoms with van der Waals surface area (Å²) in [6.45, 7) is 0. The number of carbonyl (C=O) groups excluding carboxylic acids is 1. The number of rotatable bonds is 3. The summed E-state index contributed by atoms with van der Waals surface area (Å²) in [5.41, 5.74) is 6.54. The molecule has 0 saturated carbocycles. The molecular weight excluding hydrogens is 407 g/mol. The molecule has 0 atom stereocenters. The highest BCUT2D eigenvalue weighted by molar-refractivity contribution is 9.11. The zero-order valence-corrected chi connectivity index (χ0v) is 14.1. The molecule has 0 spiro atoms. The van der Waals surface area contributed by atoms with Crippen LogP contribution in [0.2, 0.25) is 0 Å². The Morgan fingerprint density at radius 2 is 1.95 bits per heavy atom. The quantitative estimate of drug-likeness (QED) is 0.571. The van der Waals surface area contributed by atoms with E-state index in [1.54, 1.807) is 6.07 Å². The van der Waals surface area contributed by atoms with Crippen LogP contribution in [0.25, 0.3) is 0 Å². The Kier molecular flexibility index (Phi) is 4.84. The highest BCUT2D eigenvalue weighted by atomic mass is 79.9. The minimum absolute atomic E-state index is 0.0276. The van der Waals surface area contributed by atoms with Crippen molar-refractivity contribution >= 4 is 54.9 Å². The fourth-order valence-electron chi connectivity index (χ4n) is 1.71. The standard InChI is InChI=1S/C14H11Br2FN2O2/c1-21-14(20)8-5-13(10(17)6-11(8)18)19-12-3-2-7(15)4-9(12)16/h2-6,19H,18H2,1H3. The molecule has 2 aromatic rings. The van der Waals surface area contributed by atoms with Gasteiger partial charge in [-0.2, -0.15) is 0 Å². The molecule has 0 heterocycles. The van der Waals surface area contributed by atoms with Crippen LogP contribution in [0.3, 0.4) is 0 Å². The summed E-state index contributed by atoms with van der Waals surface area (Å²) in [7, 11) is 1.24. The van der Waals surface area contributed by atoms with E-state index in [4.69, 9.17) is 5.73 Å². The summed E-state index contributed by atoms with van der Waals surface area (Å²) in [4.78, 5) is 11.6. The number of nitrogen functional groups attached to an aromatic ring is 1. The third-order valence-corrected chi connectivity index (χ3v) is 3.89. The predicted molar refractivity (Wildman–Crippen MR) is 87.3 cm³/mol. The van der Waals surface area contributed by atoms with E-state index in [0.29, 0.717) is 5.69 Å². The van der Waals surface area contributed by atoms with Crippen molar-refractivity contribution in [2.45, 2.75) is 0 Å². The maximum absolute atomic E-state index is 14.0. The number of halogens is 3. The van der Waals surface area contributed by atoms with Gasteiger partial charge in [-0.3, -0.25) is 0 Å². The molecule has 7 heteroatoms. The van der Waals surface area contributed by atoms with Crippen molar-refractivity contribution in [3.05, 3.63) is 50.7 Å². The average molecular weight is 418 g/mol. The second-order valence-corrected chi connectivity index (χ2v) is 5.93. The zero-order chi connectivity index (χ0) is 15.6. The minimum Gasteiger partial charge on any atom is -0.465 e. The number of anilines is 3. The number of ether oxygens (including phenoxy) is 1. The van der Waals surface area contributed by atoms with Gasteiger partial charge in [-0.25, -0.2) is 9.18 Å². The van der Waals surface area contributed by atoms with Crippen molar-refractivity contribution < 1.29 is 13.9 Å². The Morgan fingerprint density at radius 3 is 2.57 bits per heavy atom. The highest BCUT2D eigenvalue weighted by Gasteiger charge is 2.15. The van der Waals surface area contributed by atoms with Gasteiger partial charge in [-0.1, -0.05) is 15.9 Å². The Hall–Kier alpha value is -1.60. The molecule has 110 valence electrons. The van der Waals surface area contributed by atoms with Crippen molar-refractivity contribution in [1.82, 2.24) is 0 Å². The minimum atomic E-state index is -0.620. The van der Waals surface area contributed by atoms with Gasteiger partial charge in [0.2, 0.25) is 0 Å².